The van der Waals surface area contributed by atoms with Crippen LogP contribution in [0, 0.1) is 3.57 Å². The van der Waals surface area contributed by atoms with Crippen LogP contribution < -0.4 is 5.32 Å². The number of benzene rings is 3. The molecule has 0 amide bonds. The van der Waals surface area contributed by atoms with E-state index in [0.717, 1.165) is 16.7 Å². The first-order valence-corrected chi connectivity index (χ1v) is 9.44. The van der Waals surface area contributed by atoms with Crippen molar-refractivity contribution in [3.05, 3.63) is 76.4 Å². The van der Waals surface area contributed by atoms with E-state index in [4.69, 9.17) is 0 Å². The Hall–Kier alpha value is -2.05. The maximum absolute atomic E-state index is 10.6. The maximum Gasteiger partial charge on any atom is 0.0891 e. The Morgan fingerprint density at radius 3 is 2.00 bits per heavy atom. The third-order valence-electron chi connectivity index (χ3n) is 4.46. The fourth-order valence-corrected chi connectivity index (χ4v) is 3.64. The monoisotopic (exact) mass is 442 g/mol. The second-order valence-corrected chi connectivity index (χ2v) is 7.43. The van der Waals surface area contributed by atoms with E-state index >= 15 is 0 Å². The largest absolute Gasteiger partial charge is 0.389 e. The Bertz CT molecular complexity index is 954. The molecule has 0 radical (unpaired) electrons. The van der Waals surface area contributed by atoms with Gasteiger partial charge in [0.1, 0.15) is 0 Å². The molecule has 3 nitrogen and oxygen atoms in total. The molecule has 0 bridgehead atoms. The summed E-state index contributed by atoms with van der Waals surface area (Å²) in [4.78, 5) is 0. The van der Waals surface area contributed by atoms with Crippen LogP contribution in [-0.4, -0.2) is 22.3 Å². The molecule has 2 N–H and O–H groups in total. The first-order valence-electron chi connectivity index (χ1n) is 8.36. The van der Waals surface area contributed by atoms with Crippen molar-refractivity contribution in [2.24, 2.45) is 0 Å². The fraction of sp³-hybridized carbons (Fsp3) is 0.143. The van der Waals surface area contributed by atoms with Gasteiger partial charge in [-0.05, 0) is 59.0 Å². The lowest BCUT2D eigenvalue weighted by atomic mass is 10.2. The molecule has 0 spiro atoms. The van der Waals surface area contributed by atoms with Crippen LogP contribution in [0.3, 0.4) is 0 Å². The average molecular weight is 442 g/mol. The number of rotatable bonds is 5. The van der Waals surface area contributed by atoms with Gasteiger partial charge in [0.2, 0.25) is 0 Å². The number of hydrogen-bond donors (Lipinski definition) is 2. The molecule has 1 heterocycles. The van der Waals surface area contributed by atoms with Crippen LogP contribution in [0.5, 0.6) is 0 Å². The van der Waals surface area contributed by atoms with Gasteiger partial charge in [-0.3, -0.25) is 0 Å². The lowest BCUT2D eigenvalue weighted by molar-refractivity contribution is 0.169. The molecule has 126 valence electrons. The number of para-hydroxylation sites is 2. The molecule has 0 aliphatic heterocycles. The molecule has 0 aliphatic carbocycles. The quantitative estimate of drug-likeness (QED) is 0.433. The third kappa shape index (κ3) is 3.37. The van der Waals surface area contributed by atoms with E-state index in [0.29, 0.717) is 13.1 Å². The highest BCUT2D eigenvalue weighted by atomic mass is 127. The molecule has 1 unspecified atom stereocenters. The standard InChI is InChI=1S/C21H19IN2O/c22-15-9-11-16(12-10-15)23-13-17(25)14-24-20-7-3-1-5-18(20)19-6-2-4-8-21(19)24/h1-12,17,23,25H,13-14H2. The van der Waals surface area contributed by atoms with Crippen molar-refractivity contribution >= 4 is 50.1 Å². The summed E-state index contributed by atoms with van der Waals surface area (Å²) in [7, 11) is 0. The van der Waals surface area contributed by atoms with Gasteiger partial charge in [-0.15, -0.1) is 0 Å². The molecule has 0 fully saturated rings. The van der Waals surface area contributed by atoms with Crippen LogP contribution in [-0.2, 0) is 6.54 Å². The minimum Gasteiger partial charge on any atom is -0.389 e. The minimum absolute atomic E-state index is 0.474. The Kier molecular flexibility index (Phi) is 4.63. The Morgan fingerprint density at radius 1 is 0.840 bits per heavy atom. The van der Waals surface area contributed by atoms with E-state index < -0.39 is 6.10 Å². The zero-order valence-corrected chi connectivity index (χ0v) is 15.8. The summed E-state index contributed by atoms with van der Waals surface area (Å²) in [5, 5.41) is 16.3. The van der Waals surface area contributed by atoms with Crippen LogP contribution in [0.1, 0.15) is 0 Å². The summed E-state index contributed by atoms with van der Waals surface area (Å²) in [5.74, 6) is 0. The minimum atomic E-state index is -0.474. The topological polar surface area (TPSA) is 37.2 Å². The lowest BCUT2D eigenvalue weighted by Gasteiger charge is -2.15. The molecule has 4 aromatic rings. The second-order valence-electron chi connectivity index (χ2n) is 6.19. The van der Waals surface area contributed by atoms with Crippen LogP contribution in [0.4, 0.5) is 5.69 Å². The predicted octanol–water partition coefficient (Wildman–Crippen LogP) is 4.87. The van der Waals surface area contributed by atoms with Crippen LogP contribution in [0.15, 0.2) is 72.8 Å². The van der Waals surface area contributed by atoms with Crippen LogP contribution in [0.2, 0.25) is 0 Å². The van der Waals surface area contributed by atoms with E-state index in [2.05, 4.69) is 81.0 Å². The van der Waals surface area contributed by atoms with Crippen molar-refractivity contribution in [2.75, 3.05) is 11.9 Å². The van der Waals surface area contributed by atoms with E-state index in [1.807, 2.05) is 24.3 Å². The first kappa shape index (κ1) is 16.4. The van der Waals surface area contributed by atoms with Gasteiger partial charge >= 0.3 is 0 Å². The van der Waals surface area contributed by atoms with E-state index in [-0.39, 0.29) is 0 Å². The number of halogens is 1. The highest BCUT2D eigenvalue weighted by molar-refractivity contribution is 14.1. The van der Waals surface area contributed by atoms with Crippen molar-refractivity contribution in [1.82, 2.24) is 4.57 Å². The van der Waals surface area contributed by atoms with Gasteiger partial charge in [0.05, 0.1) is 12.6 Å². The highest BCUT2D eigenvalue weighted by Crippen LogP contribution is 2.28. The molecule has 1 aromatic heterocycles. The molecule has 0 saturated heterocycles. The smallest absolute Gasteiger partial charge is 0.0891 e. The Morgan fingerprint density at radius 2 is 1.40 bits per heavy atom. The van der Waals surface area contributed by atoms with Crippen molar-refractivity contribution < 1.29 is 5.11 Å². The third-order valence-corrected chi connectivity index (χ3v) is 5.18. The number of hydrogen-bond acceptors (Lipinski definition) is 2. The number of aromatic nitrogens is 1. The van der Waals surface area contributed by atoms with Crippen molar-refractivity contribution in [3.63, 3.8) is 0 Å². The summed E-state index contributed by atoms with van der Waals surface area (Å²) in [6.07, 6.45) is -0.474. The molecular weight excluding hydrogens is 423 g/mol. The van der Waals surface area contributed by atoms with Gasteiger partial charge in [0.25, 0.3) is 0 Å². The number of fused-ring (bicyclic) bond motifs is 3. The van der Waals surface area contributed by atoms with Gasteiger partial charge in [-0.1, -0.05) is 36.4 Å². The van der Waals surface area contributed by atoms with E-state index in [1.165, 1.54) is 14.3 Å². The molecule has 4 rings (SSSR count). The number of nitrogens with one attached hydrogen (secondary N) is 1. The highest BCUT2D eigenvalue weighted by Gasteiger charge is 2.13. The molecule has 1 atom stereocenters. The van der Waals surface area contributed by atoms with E-state index in [9.17, 15) is 5.11 Å². The summed E-state index contributed by atoms with van der Waals surface area (Å²) in [6, 6.07) is 24.9. The van der Waals surface area contributed by atoms with Gasteiger partial charge in [-0.25, -0.2) is 0 Å². The molecule has 25 heavy (non-hydrogen) atoms. The number of aliphatic hydroxyl groups excluding tert-OH is 1. The average Bonchev–Trinajstić information content (AvgIpc) is 2.96. The van der Waals surface area contributed by atoms with Gasteiger partial charge in [0.15, 0.2) is 0 Å². The Balaban J connectivity index is 1.58. The summed E-state index contributed by atoms with van der Waals surface area (Å²) in [5.41, 5.74) is 3.36. The molecule has 0 aliphatic rings. The number of nitrogens with zero attached hydrogens (tertiary/aromatic N) is 1. The summed E-state index contributed by atoms with van der Waals surface area (Å²) >= 11 is 2.29. The first-order chi connectivity index (χ1) is 12.2. The zero-order chi connectivity index (χ0) is 17.2. The molecule has 0 saturated carbocycles. The normalized spacial score (nSPS) is 12.6. The number of anilines is 1. The van der Waals surface area contributed by atoms with Gasteiger partial charge < -0.3 is 15.0 Å². The van der Waals surface area contributed by atoms with Gasteiger partial charge in [0, 0.05) is 37.6 Å². The summed E-state index contributed by atoms with van der Waals surface area (Å²) < 4.78 is 3.42. The second kappa shape index (κ2) is 7.06. The maximum atomic E-state index is 10.6. The summed E-state index contributed by atoms with van der Waals surface area (Å²) in [6.45, 7) is 1.08. The fourth-order valence-electron chi connectivity index (χ4n) is 3.28. The Labute approximate surface area is 160 Å². The number of aliphatic hydroxyl groups is 1. The van der Waals surface area contributed by atoms with Crippen molar-refractivity contribution in [2.45, 2.75) is 12.6 Å². The SMILES string of the molecule is OC(CNc1ccc(I)cc1)Cn1c2ccccc2c2ccccc21. The lowest BCUT2D eigenvalue weighted by Crippen LogP contribution is -2.24. The molecular formula is C21H19IN2O. The molecule has 3 aromatic carbocycles. The van der Waals surface area contributed by atoms with Crippen LogP contribution in [0.25, 0.3) is 21.8 Å². The van der Waals surface area contributed by atoms with Gasteiger partial charge in [-0.2, -0.15) is 0 Å². The predicted molar refractivity (Wildman–Crippen MR) is 113 cm³/mol. The van der Waals surface area contributed by atoms with Crippen LogP contribution >= 0.6 is 22.6 Å². The van der Waals surface area contributed by atoms with E-state index in [1.54, 1.807) is 0 Å². The van der Waals surface area contributed by atoms with Crippen molar-refractivity contribution in [1.29, 1.82) is 0 Å². The molecule has 4 heteroatoms. The van der Waals surface area contributed by atoms with Crippen molar-refractivity contribution in [3.8, 4) is 0 Å². The zero-order valence-electron chi connectivity index (χ0n) is 13.7.